The second-order valence-corrected chi connectivity index (χ2v) is 6.40. The molecule has 2 heteroatoms. The summed E-state index contributed by atoms with van der Waals surface area (Å²) < 4.78 is 6.01. The number of hydrogen-bond donors (Lipinski definition) is 1. The summed E-state index contributed by atoms with van der Waals surface area (Å²) >= 11 is 0. The molecule has 0 amide bonds. The highest BCUT2D eigenvalue weighted by molar-refractivity contribution is 4.94. The maximum absolute atomic E-state index is 9.23. The van der Waals surface area contributed by atoms with Gasteiger partial charge in [-0.25, -0.2) is 0 Å². The Bertz CT molecular complexity index is 207. The molecule has 14 heavy (non-hydrogen) atoms. The number of aliphatic hydroxyl groups is 1. The van der Waals surface area contributed by atoms with Crippen molar-refractivity contribution in [2.75, 3.05) is 6.61 Å². The molecule has 1 N–H and O–H groups in total. The predicted octanol–water partition coefficient (Wildman–Crippen LogP) is 2.74. The third kappa shape index (κ3) is 2.96. The summed E-state index contributed by atoms with van der Waals surface area (Å²) in [6.07, 6.45) is 3.08. The Morgan fingerprint density at radius 2 is 1.64 bits per heavy atom. The van der Waals surface area contributed by atoms with Gasteiger partial charge < -0.3 is 9.84 Å². The van der Waals surface area contributed by atoms with Crippen molar-refractivity contribution >= 4 is 0 Å². The van der Waals surface area contributed by atoms with Crippen LogP contribution in [0.2, 0.25) is 0 Å². The molecule has 0 aromatic heterocycles. The van der Waals surface area contributed by atoms with Crippen molar-refractivity contribution in [3.05, 3.63) is 0 Å². The van der Waals surface area contributed by atoms with E-state index in [2.05, 4.69) is 27.7 Å². The minimum Gasteiger partial charge on any atom is -0.393 e. The molecule has 1 aliphatic heterocycles. The molecule has 0 aromatic carbocycles. The van der Waals surface area contributed by atoms with Gasteiger partial charge in [0.15, 0.2) is 0 Å². The first kappa shape index (κ1) is 12.0. The van der Waals surface area contributed by atoms with Crippen LogP contribution >= 0.6 is 0 Å². The molecule has 0 radical (unpaired) electrons. The second-order valence-electron chi connectivity index (χ2n) is 6.40. The van der Waals surface area contributed by atoms with Crippen LogP contribution in [-0.4, -0.2) is 22.9 Å². The van der Waals surface area contributed by atoms with E-state index in [0.717, 1.165) is 19.3 Å². The fourth-order valence-electron chi connectivity index (χ4n) is 2.58. The summed E-state index contributed by atoms with van der Waals surface area (Å²) in [6, 6.07) is 0. The summed E-state index contributed by atoms with van der Waals surface area (Å²) in [5, 5.41) is 9.23. The zero-order chi connectivity index (χ0) is 11.0. The Hall–Kier alpha value is -0.0800. The van der Waals surface area contributed by atoms with Crippen molar-refractivity contribution in [2.45, 2.75) is 65.1 Å². The van der Waals surface area contributed by atoms with Crippen LogP contribution in [0.3, 0.4) is 0 Å². The van der Waals surface area contributed by atoms with E-state index in [1.54, 1.807) is 0 Å². The molecule has 1 aliphatic rings. The van der Waals surface area contributed by atoms with Crippen molar-refractivity contribution in [1.29, 1.82) is 0 Å². The number of aliphatic hydroxyl groups excluding tert-OH is 1. The van der Waals surface area contributed by atoms with Gasteiger partial charge in [0.05, 0.1) is 17.8 Å². The molecule has 1 fully saturated rings. The topological polar surface area (TPSA) is 29.5 Å². The molecular formula is C12H24O2. The molecule has 2 nitrogen and oxygen atoms in total. The van der Waals surface area contributed by atoms with Crippen molar-refractivity contribution < 1.29 is 9.84 Å². The fourth-order valence-corrected chi connectivity index (χ4v) is 2.58. The van der Waals surface area contributed by atoms with Crippen LogP contribution in [0.4, 0.5) is 0 Å². The third-order valence-electron chi connectivity index (χ3n) is 2.91. The number of ether oxygens (including phenoxy) is 1. The van der Waals surface area contributed by atoms with E-state index < -0.39 is 0 Å². The van der Waals surface area contributed by atoms with Crippen LogP contribution in [0.15, 0.2) is 0 Å². The highest BCUT2D eigenvalue weighted by Crippen LogP contribution is 2.43. The zero-order valence-electron chi connectivity index (χ0n) is 10.2. The molecule has 0 aromatic rings. The van der Waals surface area contributed by atoms with Gasteiger partial charge in [0.2, 0.25) is 0 Å². The average Bonchev–Trinajstić information content (AvgIpc) is 2.25. The van der Waals surface area contributed by atoms with Crippen molar-refractivity contribution in [3.63, 3.8) is 0 Å². The maximum atomic E-state index is 9.23. The standard InChI is InChI=1S/C12H24O2/c1-10(2,3)8-11(4)6-7-12(5,9-13)14-11/h13H,6-9H2,1-5H3. The molecule has 0 aliphatic carbocycles. The molecule has 1 heterocycles. The van der Waals surface area contributed by atoms with Crippen LogP contribution in [0.5, 0.6) is 0 Å². The smallest absolute Gasteiger partial charge is 0.0892 e. The summed E-state index contributed by atoms with van der Waals surface area (Å²) in [5.41, 5.74) is -0.0643. The molecule has 2 unspecified atom stereocenters. The minimum atomic E-state index is -0.306. The van der Waals surface area contributed by atoms with E-state index in [-0.39, 0.29) is 23.2 Å². The monoisotopic (exact) mass is 200 g/mol. The maximum Gasteiger partial charge on any atom is 0.0892 e. The minimum absolute atomic E-state index is 0.0459. The average molecular weight is 200 g/mol. The Morgan fingerprint density at radius 1 is 1.14 bits per heavy atom. The van der Waals surface area contributed by atoms with Gasteiger partial charge in [-0.2, -0.15) is 0 Å². The lowest BCUT2D eigenvalue weighted by Crippen LogP contribution is -2.36. The summed E-state index contributed by atoms with van der Waals surface area (Å²) in [7, 11) is 0. The van der Waals surface area contributed by atoms with Gasteiger partial charge in [0.25, 0.3) is 0 Å². The molecule has 1 saturated heterocycles. The lowest BCUT2D eigenvalue weighted by molar-refractivity contribution is -0.120. The van der Waals surface area contributed by atoms with Gasteiger partial charge in [0.1, 0.15) is 0 Å². The van der Waals surface area contributed by atoms with E-state index in [9.17, 15) is 5.11 Å². The zero-order valence-corrected chi connectivity index (χ0v) is 10.2. The number of hydrogen-bond acceptors (Lipinski definition) is 2. The van der Waals surface area contributed by atoms with Gasteiger partial charge in [0, 0.05) is 0 Å². The summed E-state index contributed by atoms with van der Waals surface area (Å²) in [6.45, 7) is 11.0. The summed E-state index contributed by atoms with van der Waals surface area (Å²) in [5.74, 6) is 0. The lowest BCUT2D eigenvalue weighted by atomic mass is 9.81. The van der Waals surface area contributed by atoms with E-state index >= 15 is 0 Å². The van der Waals surface area contributed by atoms with Crippen LogP contribution in [0.1, 0.15) is 53.9 Å². The normalized spacial score (nSPS) is 39.0. The van der Waals surface area contributed by atoms with Crippen LogP contribution in [0, 0.1) is 5.41 Å². The highest BCUT2D eigenvalue weighted by atomic mass is 16.5. The number of rotatable bonds is 2. The molecule has 2 atom stereocenters. The fraction of sp³-hybridized carbons (Fsp3) is 1.00. The van der Waals surface area contributed by atoms with Gasteiger partial charge in [-0.15, -0.1) is 0 Å². The Morgan fingerprint density at radius 3 is 2.00 bits per heavy atom. The highest BCUT2D eigenvalue weighted by Gasteiger charge is 2.44. The quantitative estimate of drug-likeness (QED) is 0.742. The van der Waals surface area contributed by atoms with Gasteiger partial charge >= 0.3 is 0 Å². The predicted molar refractivity (Wildman–Crippen MR) is 58.3 cm³/mol. The first-order valence-corrected chi connectivity index (χ1v) is 5.49. The van der Waals surface area contributed by atoms with Crippen molar-refractivity contribution in [3.8, 4) is 0 Å². The third-order valence-corrected chi connectivity index (χ3v) is 2.91. The van der Waals surface area contributed by atoms with Crippen LogP contribution in [0.25, 0.3) is 0 Å². The largest absolute Gasteiger partial charge is 0.393 e. The molecule has 84 valence electrons. The van der Waals surface area contributed by atoms with Crippen molar-refractivity contribution in [2.24, 2.45) is 5.41 Å². The van der Waals surface area contributed by atoms with Crippen LogP contribution < -0.4 is 0 Å². The lowest BCUT2D eigenvalue weighted by Gasteiger charge is -2.34. The molecular weight excluding hydrogens is 176 g/mol. The van der Waals surface area contributed by atoms with E-state index in [4.69, 9.17) is 4.74 Å². The van der Waals surface area contributed by atoms with Gasteiger partial charge in [-0.1, -0.05) is 20.8 Å². The molecule has 0 bridgehead atoms. The molecule has 0 spiro atoms. The van der Waals surface area contributed by atoms with Gasteiger partial charge in [-0.05, 0) is 38.5 Å². The van der Waals surface area contributed by atoms with E-state index in [1.165, 1.54) is 0 Å². The first-order valence-electron chi connectivity index (χ1n) is 5.49. The van der Waals surface area contributed by atoms with E-state index in [1.807, 2.05) is 6.92 Å². The first-order chi connectivity index (χ1) is 6.18. The van der Waals surface area contributed by atoms with Crippen LogP contribution in [-0.2, 0) is 4.74 Å². The molecule has 0 saturated carbocycles. The Kier molecular flexibility index (Phi) is 2.99. The molecule has 1 rings (SSSR count). The van der Waals surface area contributed by atoms with E-state index in [0.29, 0.717) is 0 Å². The van der Waals surface area contributed by atoms with Gasteiger partial charge in [-0.3, -0.25) is 0 Å². The Labute approximate surface area is 87.7 Å². The van der Waals surface area contributed by atoms with Crippen molar-refractivity contribution in [1.82, 2.24) is 0 Å². The summed E-state index contributed by atoms with van der Waals surface area (Å²) in [4.78, 5) is 0. The SMILES string of the molecule is CC(C)(C)CC1(C)CCC(C)(CO)O1. The second kappa shape index (κ2) is 3.49. The Balaban J connectivity index is 2.63.